The van der Waals surface area contributed by atoms with E-state index >= 15 is 0 Å². The number of imide groups is 1. The van der Waals surface area contributed by atoms with Crippen LogP contribution in [0.1, 0.15) is 64.2 Å². The van der Waals surface area contributed by atoms with Gasteiger partial charge < -0.3 is 5.32 Å². The second-order valence-corrected chi connectivity index (χ2v) is 7.53. The summed E-state index contributed by atoms with van der Waals surface area (Å²) < 4.78 is 0. The van der Waals surface area contributed by atoms with Crippen LogP contribution in [0.15, 0.2) is 0 Å². The normalized spacial score (nSPS) is 35.5. The van der Waals surface area contributed by atoms with Gasteiger partial charge in [-0.05, 0) is 62.9 Å². The van der Waals surface area contributed by atoms with Gasteiger partial charge in [0, 0.05) is 12.3 Å². The third-order valence-electron chi connectivity index (χ3n) is 6.20. The van der Waals surface area contributed by atoms with E-state index in [1.807, 2.05) is 0 Å². The lowest BCUT2D eigenvalue weighted by Crippen LogP contribution is -2.43. The Labute approximate surface area is 133 Å². The van der Waals surface area contributed by atoms with E-state index in [0.717, 1.165) is 18.3 Å². The van der Waals surface area contributed by atoms with Crippen molar-refractivity contribution < 1.29 is 9.59 Å². The zero-order valence-corrected chi connectivity index (χ0v) is 13.6. The van der Waals surface area contributed by atoms with Crippen molar-refractivity contribution in [2.75, 3.05) is 13.1 Å². The summed E-state index contributed by atoms with van der Waals surface area (Å²) in [6.07, 6.45) is 11.6. The Balaban J connectivity index is 1.50. The number of carbonyl (C=O) groups is 2. The van der Waals surface area contributed by atoms with Crippen LogP contribution < -0.4 is 10.6 Å². The molecule has 1 atom stereocenters. The second kappa shape index (κ2) is 7.58. The van der Waals surface area contributed by atoms with Gasteiger partial charge in [0.25, 0.3) is 0 Å². The molecule has 1 saturated carbocycles. The van der Waals surface area contributed by atoms with Crippen LogP contribution in [-0.2, 0) is 9.59 Å². The lowest BCUT2D eigenvalue weighted by Gasteiger charge is -2.35. The van der Waals surface area contributed by atoms with Crippen LogP contribution in [-0.4, -0.2) is 24.9 Å². The standard InChI is InChI=1S/C18H30N2O2/c21-17-8-7-16(18(22)20-17)15-5-1-3-13(4-2-6-15)14-9-11-19-12-10-14/h13-16,19H,1-12H2,(H,20,21,22). The number of hydrogen-bond donors (Lipinski definition) is 2. The van der Waals surface area contributed by atoms with Gasteiger partial charge in [-0.1, -0.05) is 25.7 Å². The maximum Gasteiger partial charge on any atom is 0.229 e. The minimum absolute atomic E-state index is 0.00303. The second-order valence-electron chi connectivity index (χ2n) is 7.53. The molecule has 3 rings (SSSR count). The van der Waals surface area contributed by atoms with Crippen LogP contribution in [0.2, 0.25) is 0 Å². The number of rotatable bonds is 2. The zero-order valence-electron chi connectivity index (χ0n) is 13.6. The molecule has 2 amide bonds. The highest BCUT2D eigenvalue weighted by atomic mass is 16.2. The van der Waals surface area contributed by atoms with Gasteiger partial charge in [-0.2, -0.15) is 0 Å². The van der Waals surface area contributed by atoms with Crippen LogP contribution in [0.25, 0.3) is 0 Å². The van der Waals surface area contributed by atoms with Gasteiger partial charge in [0.2, 0.25) is 11.8 Å². The summed E-state index contributed by atoms with van der Waals surface area (Å²) in [6.45, 7) is 2.39. The van der Waals surface area contributed by atoms with Crippen LogP contribution in [0.5, 0.6) is 0 Å². The fraction of sp³-hybridized carbons (Fsp3) is 0.889. The van der Waals surface area contributed by atoms with Crippen LogP contribution in [0.3, 0.4) is 0 Å². The third kappa shape index (κ3) is 3.89. The number of piperidine rings is 2. The van der Waals surface area contributed by atoms with Crippen molar-refractivity contribution in [3.63, 3.8) is 0 Å². The molecule has 0 aromatic rings. The first-order valence-electron chi connectivity index (χ1n) is 9.28. The zero-order chi connectivity index (χ0) is 15.4. The van der Waals surface area contributed by atoms with E-state index in [-0.39, 0.29) is 17.7 Å². The Morgan fingerprint density at radius 2 is 1.32 bits per heavy atom. The molecule has 0 aromatic heterocycles. The van der Waals surface area contributed by atoms with Crippen molar-refractivity contribution >= 4 is 11.8 Å². The van der Waals surface area contributed by atoms with Gasteiger partial charge in [-0.15, -0.1) is 0 Å². The fourth-order valence-corrected chi connectivity index (χ4v) is 4.92. The maximum atomic E-state index is 12.1. The van der Waals surface area contributed by atoms with E-state index in [2.05, 4.69) is 10.6 Å². The quantitative estimate of drug-likeness (QED) is 0.771. The van der Waals surface area contributed by atoms with Gasteiger partial charge in [0.05, 0.1) is 0 Å². The molecule has 0 bridgehead atoms. The Morgan fingerprint density at radius 1 is 0.727 bits per heavy atom. The minimum Gasteiger partial charge on any atom is -0.317 e. The molecule has 22 heavy (non-hydrogen) atoms. The van der Waals surface area contributed by atoms with Crippen molar-refractivity contribution in [3.05, 3.63) is 0 Å². The summed E-state index contributed by atoms with van der Waals surface area (Å²) >= 11 is 0. The molecule has 124 valence electrons. The molecule has 2 saturated heterocycles. The Morgan fingerprint density at radius 3 is 1.95 bits per heavy atom. The van der Waals surface area contributed by atoms with Crippen molar-refractivity contribution in [2.24, 2.45) is 23.7 Å². The predicted octanol–water partition coefficient (Wildman–Crippen LogP) is 2.63. The van der Waals surface area contributed by atoms with E-state index in [0.29, 0.717) is 12.3 Å². The largest absolute Gasteiger partial charge is 0.317 e. The highest BCUT2D eigenvalue weighted by Crippen LogP contribution is 2.37. The van der Waals surface area contributed by atoms with E-state index < -0.39 is 0 Å². The highest BCUT2D eigenvalue weighted by molar-refractivity contribution is 5.98. The molecule has 0 aromatic carbocycles. The molecule has 2 N–H and O–H groups in total. The summed E-state index contributed by atoms with van der Waals surface area (Å²) in [5, 5.41) is 6.01. The minimum atomic E-state index is -0.0851. The van der Waals surface area contributed by atoms with Crippen molar-refractivity contribution in [1.29, 1.82) is 0 Å². The van der Waals surface area contributed by atoms with Crippen molar-refractivity contribution in [2.45, 2.75) is 64.2 Å². The molecule has 2 aliphatic heterocycles. The smallest absolute Gasteiger partial charge is 0.229 e. The van der Waals surface area contributed by atoms with E-state index in [9.17, 15) is 9.59 Å². The molecule has 4 nitrogen and oxygen atoms in total. The van der Waals surface area contributed by atoms with E-state index in [1.165, 1.54) is 64.5 Å². The Kier molecular flexibility index (Phi) is 5.51. The summed E-state index contributed by atoms with van der Waals surface area (Å²) in [6, 6.07) is 0. The molecular formula is C18H30N2O2. The molecule has 0 spiro atoms. The molecule has 3 aliphatic rings. The number of carbonyl (C=O) groups excluding carboxylic acids is 2. The Bertz CT molecular complexity index is 394. The van der Waals surface area contributed by atoms with Crippen LogP contribution in [0, 0.1) is 23.7 Å². The van der Waals surface area contributed by atoms with Crippen LogP contribution >= 0.6 is 0 Å². The van der Waals surface area contributed by atoms with Gasteiger partial charge in [-0.3, -0.25) is 14.9 Å². The number of amides is 2. The fourth-order valence-electron chi connectivity index (χ4n) is 4.92. The van der Waals surface area contributed by atoms with Crippen molar-refractivity contribution in [3.8, 4) is 0 Å². The molecule has 1 unspecified atom stereocenters. The molecule has 1 aliphatic carbocycles. The molecule has 4 heteroatoms. The average Bonchev–Trinajstić information content (AvgIpc) is 2.49. The summed E-state index contributed by atoms with van der Waals surface area (Å²) in [5.41, 5.74) is 0. The predicted molar refractivity (Wildman–Crippen MR) is 86.1 cm³/mol. The number of nitrogens with one attached hydrogen (secondary N) is 2. The summed E-state index contributed by atoms with van der Waals surface area (Å²) in [4.78, 5) is 23.4. The summed E-state index contributed by atoms with van der Waals surface area (Å²) in [7, 11) is 0. The van der Waals surface area contributed by atoms with Crippen molar-refractivity contribution in [1.82, 2.24) is 10.6 Å². The first kappa shape index (κ1) is 16.0. The van der Waals surface area contributed by atoms with E-state index in [4.69, 9.17) is 0 Å². The van der Waals surface area contributed by atoms with E-state index in [1.54, 1.807) is 0 Å². The van der Waals surface area contributed by atoms with Gasteiger partial charge in [0.15, 0.2) is 0 Å². The van der Waals surface area contributed by atoms with Gasteiger partial charge in [0.1, 0.15) is 0 Å². The highest BCUT2D eigenvalue weighted by Gasteiger charge is 2.34. The lowest BCUT2D eigenvalue weighted by atomic mass is 9.72. The number of hydrogen-bond acceptors (Lipinski definition) is 3. The van der Waals surface area contributed by atoms with Crippen LogP contribution in [0.4, 0.5) is 0 Å². The summed E-state index contributed by atoms with van der Waals surface area (Å²) in [5.74, 6) is 2.34. The SMILES string of the molecule is O=C1CCC(C2CCCC(C3CCNCC3)CCC2)C(=O)N1. The van der Waals surface area contributed by atoms with Gasteiger partial charge in [-0.25, -0.2) is 0 Å². The molecule has 2 heterocycles. The van der Waals surface area contributed by atoms with Gasteiger partial charge >= 0.3 is 0 Å². The average molecular weight is 306 g/mol. The lowest BCUT2D eigenvalue weighted by molar-refractivity contribution is -0.138. The molecule has 0 radical (unpaired) electrons. The molecule has 3 fully saturated rings. The third-order valence-corrected chi connectivity index (χ3v) is 6.20. The topological polar surface area (TPSA) is 58.2 Å². The molecular weight excluding hydrogens is 276 g/mol. The Hall–Kier alpha value is -0.900. The first-order valence-corrected chi connectivity index (χ1v) is 9.28. The monoisotopic (exact) mass is 306 g/mol. The maximum absolute atomic E-state index is 12.1. The first-order chi connectivity index (χ1) is 10.7.